The molecule has 1 aromatic carbocycles. The average molecular weight is 290 g/mol. The smallest absolute Gasteiger partial charge is 0.241 e. The first kappa shape index (κ1) is 15.8. The third-order valence-electron chi connectivity index (χ3n) is 4.29. The van der Waals surface area contributed by atoms with E-state index in [0.717, 1.165) is 30.7 Å². The average Bonchev–Trinajstić information content (AvgIpc) is 3.00. The van der Waals surface area contributed by atoms with Crippen molar-refractivity contribution in [3.05, 3.63) is 24.3 Å². The Morgan fingerprint density at radius 1 is 1.33 bits per heavy atom. The highest BCUT2D eigenvalue weighted by atomic mass is 16.5. The first-order chi connectivity index (χ1) is 10.1. The van der Waals surface area contributed by atoms with Gasteiger partial charge in [0.15, 0.2) is 0 Å². The Labute approximate surface area is 127 Å². The van der Waals surface area contributed by atoms with Crippen LogP contribution in [0.15, 0.2) is 24.3 Å². The number of benzene rings is 1. The summed E-state index contributed by atoms with van der Waals surface area (Å²) in [5.41, 5.74) is 6.68. The minimum absolute atomic E-state index is 0.131. The molecule has 2 rings (SSSR count). The Kier molecular flexibility index (Phi) is 5.62. The maximum atomic E-state index is 12.0. The van der Waals surface area contributed by atoms with E-state index in [2.05, 4.69) is 5.32 Å². The molecule has 1 aliphatic rings. The molecule has 0 saturated heterocycles. The number of nitrogens with one attached hydrogen (secondary N) is 1. The fourth-order valence-electron chi connectivity index (χ4n) is 2.55. The molecule has 21 heavy (non-hydrogen) atoms. The molecule has 1 unspecified atom stereocenters. The molecule has 4 heteroatoms. The number of anilines is 1. The fraction of sp³-hybridized carbons (Fsp3) is 0.588. The zero-order chi connectivity index (χ0) is 15.2. The summed E-state index contributed by atoms with van der Waals surface area (Å²) in [6.45, 7) is 4.02. The molecule has 2 atom stereocenters. The van der Waals surface area contributed by atoms with Crippen LogP contribution in [0.1, 0.15) is 46.0 Å². The summed E-state index contributed by atoms with van der Waals surface area (Å²) in [5.74, 6) is 0.912. The standard InChI is InChI=1S/C17H26N2O2/c1-3-12(2)16(18)17(20)19-13-8-10-15(11-9-13)21-14-6-4-5-7-14/h8-12,14,16H,3-7,18H2,1-2H3,(H,19,20)/t12?,16-/m0/s1. The molecular weight excluding hydrogens is 264 g/mol. The Morgan fingerprint density at radius 2 is 1.95 bits per heavy atom. The molecule has 0 radical (unpaired) electrons. The summed E-state index contributed by atoms with van der Waals surface area (Å²) in [6, 6.07) is 7.08. The number of ether oxygens (including phenoxy) is 1. The van der Waals surface area contributed by atoms with Crippen LogP contribution < -0.4 is 15.8 Å². The van der Waals surface area contributed by atoms with Gasteiger partial charge in [-0.25, -0.2) is 0 Å². The lowest BCUT2D eigenvalue weighted by molar-refractivity contribution is -0.118. The Morgan fingerprint density at radius 3 is 2.52 bits per heavy atom. The number of carbonyl (C=O) groups excluding carboxylic acids is 1. The largest absolute Gasteiger partial charge is 0.490 e. The van der Waals surface area contributed by atoms with Gasteiger partial charge in [0.1, 0.15) is 5.75 Å². The van der Waals surface area contributed by atoms with Crippen LogP contribution >= 0.6 is 0 Å². The summed E-state index contributed by atoms with van der Waals surface area (Å²) in [7, 11) is 0. The van der Waals surface area contributed by atoms with Crippen molar-refractivity contribution in [3.8, 4) is 5.75 Å². The van der Waals surface area contributed by atoms with Crippen LogP contribution in [0.5, 0.6) is 5.75 Å². The lowest BCUT2D eigenvalue weighted by Crippen LogP contribution is -2.40. The van der Waals surface area contributed by atoms with E-state index in [0.29, 0.717) is 6.10 Å². The van der Waals surface area contributed by atoms with Gasteiger partial charge in [0.25, 0.3) is 0 Å². The van der Waals surface area contributed by atoms with Crippen molar-refractivity contribution in [2.24, 2.45) is 11.7 Å². The van der Waals surface area contributed by atoms with Crippen molar-refractivity contribution in [2.45, 2.75) is 58.1 Å². The molecule has 1 amide bonds. The number of hydrogen-bond donors (Lipinski definition) is 2. The fourth-order valence-corrected chi connectivity index (χ4v) is 2.55. The molecule has 1 aliphatic carbocycles. The van der Waals surface area contributed by atoms with Gasteiger partial charge in [0.2, 0.25) is 5.91 Å². The minimum atomic E-state index is -0.468. The van der Waals surface area contributed by atoms with Crippen LogP contribution in [0.2, 0.25) is 0 Å². The van der Waals surface area contributed by atoms with Crippen LogP contribution in [0, 0.1) is 5.92 Å². The summed E-state index contributed by atoms with van der Waals surface area (Å²) in [6.07, 6.45) is 6.04. The highest BCUT2D eigenvalue weighted by Gasteiger charge is 2.19. The lowest BCUT2D eigenvalue weighted by atomic mass is 9.99. The van der Waals surface area contributed by atoms with Crippen LogP contribution in [0.4, 0.5) is 5.69 Å². The van der Waals surface area contributed by atoms with E-state index in [1.165, 1.54) is 12.8 Å². The Bertz CT molecular complexity index is 452. The summed E-state index contributed by atoms with van der Waals surface area (Å²) in [5, 5.41) is 2.86. The highest BCUT2D eigenvalue weighted by Crippen LogP contribution is 2.25. The van der Waals surface area contributed by atoms with Crippen molar-refractivity contribution < 1.29 is 9.53 Å². The number of carbonyl (C=O) groups is 1. The van der Waals surface area contributed by atoms with Gasteiger partial charge in [0, 0.05) is 5.69 Å². The van der Waals surface area contributed by atoms with E-state index >= 15 is 0 Å². The van der Waals surface area contributed by atoms with Gasteiger partial charge in [-0.1, -0.05) is 20.3 Å². The van der Waals surface area contributed by atoms with Gasteiger partial charge in [-0.15, -0.1) is 0 Å². The van der Waals surface area contributed by atoms with Crippen LogP contribution in [0.3, 0.4) is 0 Å². The molecular formula is C17H26N2O2. The quantitative estimate of drug-likeness (QED) is 0.844. The van der Waals surface area contributed by atoms with Crippen LogP contribution in [-0.2, 0) is 4.79 Å². The molecule has 4 nitrogen and oxygen atoms in total. The second-order valence-electron chi connectivity index (χ2n) is 5.95. The predicted molar refractivity (Wildman–Crippen MR) is 85.4 cm³/mol. The Hall–Kier alpha value is -1.55. The second kappa shape index (κ2) is 7.46. The zero-order valence-corrected chi connectivity index (χ0v) is 13.0. The SMILES string of the molecule is CCC(C)[C@H](N)C(=O)Nc1ccc(OC2CCCC2)cc1. The predicted octanol–water partition coefficient (Wildman–Crippen LogP) is 3.32. The molecule has 116 valence electrons. The molecule has 1 fully saturated rings. The first-order valence-corrected chi connectivity index (χ1v) is 7.93. The number of rotatable bonds is 6. The third-order valence-corrected chi connectivity index (χ3v) is 4.29. The summed E-state index contributed by atoms with van der Waals surface area (Å²) < 4.78 is 5.90. The molecule has 0 spiro atoms. The molecule has 3 N–H and O–H groups in total. The minimum Gasteiger partial charge on any atom is -0.490 e. The van der Waals surface area contributed by atoms with Crippen molar-refractivity contribution in [2.75, 3.05) is 5.32 Å². The van der Waals surface area contributed by atoms with Crippen molar-refractivity contribution >= 4 is 11.6 Å². The number of nitrogens with two attached hydrogens (primary N) is 1. The molecule has 0 aliphatic heterocycles. The van der Waals surface area contributed by atoms with Gasteiger partial charge >= 0.3 is 0 Å². The molecule has 1 aromatic rings. The zero-order valence-electron chi connectivity index (χ0n) is 13.0. The van der Waals surface area contributed by atoms with Crippen LogP contribution in [-0.4, -0.2) is 18.1 Å². The van der Waals surface area contributed by atoms with Gasteiger partial charge in [-0.05, 0) is 55.9 Å². The lowest BCUT2D eigenvalue weighted by Gasteiger charge is -2.18. The van der Waals surface area contributed by atoms with E-state index in [-0.39, 0.29) is 11.8 Å². The Balaban J connectivity index is 1.88. The topological polar surface area (TPSA) is 64.4 Å². The van der Waals surface area contributed by atoms with Crippen molar-refractivity contribution in [3.63, 3.8) is 0 Å². The number of hydrogen-bond acceptors (Lipinski definition) is 3. The van der Waals surface area contributed by atoms with Crippen LogP contribution in [0.25, 0.3) is 0 Å². The first-order valence-electron chi connectivity index (χ1n) is 7.93. The van der Waals surface area contributed by atoms with E-state index in [1.807, 2.05) is 38.1 Å². The van der Waals surface area contributed by atoms with Crippen molar-refractivity contribution in [1.29, 1.82) is 0 Å². The van der Waals surface area contributed by atoms with Gasteiger partial charge in [0.05, 0.1) is 12.1 Å². The summed E-state index contributed by atoms with van der Waals surface area (Å²) >= 11 is 0. The van der Waals surface area contributed by atoms with E-state index < -0.39 is 6.04 Å². The maximum absolute atomic E-state index is 12.0. The third kappa shape index (κ3) is 4.46. The van der Waals surface area contributed by atoms with Crippen molar-refractivity contribution in [1.82, 2.24) is 0 Å². The van der Waals surface area contributed by atoms with Gasteiger partial charge < -0.3 is 15.8 Å². The second-order valence-corrected chi connectivity index (χ2v) is 5.95. The number of amides is 1. The summed E-state index contributed by atoms with van der Waals surface area (Å²) in [4.78, 5) is 12.0. The molecule has 0 bridgehead atoms. The van der Waals surface area contributed by atoms with E-state index in [4.69, 9.17) is 10.5 Å². The van der Waals surface area contributed by atoms with E-state index in [9.17, 15) is 4.79 Å². The monoisotopic (exact) mass is 290 g/mol. The normalized spacial score (nSPS) is 18.2. The molecule has 0 heterocycles. The molecule has 1 saturated carbocycles. The van der Waals surface area contributed by atoms with Gasteiger partial charge in [-0.3, -0.25) is 4.79 Å². The van der Waals surface area contributed by atoms with E-state index in [1.54, 1.807) is 0 Å². The maximum Gasteiger partial charge on any atom is 0.241 e. The molecule has 0 aromatic heterocycles. The van der Waals surface area contributed by atoms with Gasteiger partial charge in [-0.2, -0.15) is 0 Å². The highest BCUT2D eigenvalue weighted by molar-refractivity contribution is 5.94.